The number of hydrogen-bond acceptors (Lipinski definition) is 2. The van der Waals surface area contributed by atoms with Crippen LogP contribution in [0.3, 0.4) is 0 Å². The molecule has 7 heteroatoms. The molecule has 2 N–H and O–H groups in total. The zero-order valence-electron chi connectivity index (χ0n) is 11.4. The first kappa shape index (κ1) is 17.8. The van der Waals surface area contributed by atoms with Crippen LogP contribution in [0.25, 0.3) is 0 Å². The maximum atomic E-state index is 12.2. The number of carbonyl (C=O) groups is 1. The van der Waals surface area contributed by atoms with Crippen LogP contribution in [-0.4, -0.2) is 24.7 Å². The topological polar surface area (TPSA) is 41.1 Å². The lowest BCUT2D eigenvalue weighted by molar-refractivity contribution is -0.134. The zero-order chi connectivity index (χ0) is 14.6. The lowest BCUT2D eigenvalue weighted by Crippen LogP contribution is -2.35. The van der Waals surface area contributed by atoms with Crippen LogP contribution in [-0.2, 0) is 11.2 Å². The molecule has 1 heterocycles. The Hall–Kier alpha value is -1.27. The largest absolute Gasteiger partial charge is 0.389 e. The Morgan fingerprint density at radius 3 is 2.76 bits per heavy atom. The first-order chi connectivity index (χ1) is 9.44. The fourth-order valence-electron chi connectivity index (χ4n) is 2.23. The van der Waals surface area contributed by atoms with Crippen LogP contribution in [0.2, 0.25) is 0 Å². The summed E-state index contributed by atoms with van der Waals surface area (Å²) in [5.41, 5.74) is 1.11. The molecular weight excluding hydrogens is 305 g/mol. The van der Waals surface area contributed by atoms with Crippen molar-refractivity contribution in [3.63, 3.8) is 0 Å². The minimum absolute atomic E-state index is 0. The highest BCUT2D eigenvalue weighted by atomic mass is 35.5. The second-order valence-electron chi connectivity index (χ2n) is 4.95. The minimum Gasteiger partial charge on any atom is -0.325 e. The van der Waals surface area contributed by atoms with E-state index in [9.17, 15) is 18.0 Å². The monoisotopic (exact) mass is 322 g/mol. The molecule has 3 nitrogen and oxygen atoms in total. The fourth-order valence-corrected chi connectivity index (χ4v) is 2.23. The highest BCUT2D eigenvalue weighted by Crippen LogP contribution is 2.23. The van der Waals surface area contributed by atoms with E-state index in [1.807, 2.05) is 0 Å². The Labute approximate surface area is 127 Å². The SMILES string of the molecule is Cl.O=C(Nc1cccc(CCC(F)(F)F)c1)C1CCCN1. The van der Waals surface area contributed by atoms with Crippen molar-refractivity contribution in [3.8, 4) is 0 Å². The second-order valence-corrected chi connectivity index (χ2v) is 4.95. The van der Waals surface area contributed by atoms with E-state index in [0.717, 1.165) is 19.4 Å². The third-order valence-electron chi connectivity index (χ3n) is 3.27. The van der Waals surface area contributed by atoms with Gasteiger partial charge in [-0.25, -0.2) is 0 Å². The minimum atomic E-state index is -4.16. The number of amides is 1. The first-order valence-electron chi connectivity index (χ1n) is 6.64. The van der Waals surface area contributed by atoms with Gasteiger partial charge in [-0.1, -0.05) is 12.1 Å². The Kier molecular flexibility index (Phi) is 6.48. The number of alkyl halides is 3. The third-order valence-corrected chi connectivity index (χ3v) is 3.27. The van der Waals surface area contributed by atoms with E-state index in [2.05, 4.69) is 10.6 Å². The second kappa shape index (κ2) is 7.66. The van der Waals surface area contributed by atoms with E-state index in [4.69, 9.17) is 0 Å². The molecule has 1 saturated heterocycles. The number of aryl methyl sites for hydroxylation is 1. The molecule has 2 rings (SSSR count). The van der Waals surface area contributed by atoms with E-state index in [1.165, 1.54) is 0 Å². The number of nitrogens with one attached hydrogen (secondary N) is 2. The lowest BCUT2D eigenvalue weighted by Gasteiger charge is -2.12. The molecule has 0 aromatic heterocycles. The van der Waals surface area contributed by atoms with Gasteiger partial charge < -0.3 is 10.6 Å². The number of rotatable bonds is 4. The smallest absolute Gasteiger partial charge is 0.325 e. The molecule has 1 aromatic rings. The molecule has 1 aliphatic heterocycles. The molecule has 0 bridgehead atoms. The highest BCUT2D eigenvalue weighted by molar-refractivity contribution is 5.95. The number of halogens is 4. The van der Waals surface area contributed by atoms with Gasteiger partial charge in [0.15, 0.2) is 0 Å². The number of hydrogen-bond donors (Lipinski definition) is 2. The Bertz CT molecular complexity index is 474. The summed E-state index contributed by atoms with van der Waals surface area (Å²) in [6, 6.07) is 6.37. The van der Waals surface area contributed by atoms with E-state index < -0.39 is 12.6 Å². The molecule has 0 saturated carbocycles. The van der Waals surface area contributed by atoms with Gasteiger partial charge >= 0.3 is 6.18 Å². The quantitative estimate of drug-likeness (QED) is 0.893. The Morgan fingerprint density at radius 2 is 2.14 bits per heavy atom. The van der Waals surface area contributed by atoms with Crippen LogP contribution in [0, 0.1) is 0 Å². The van der Waals surface area contributed by atoms with Gasteiger partial charge in [-0.15, -0.1) is 12.4 Å². The van der Waals surface area contributed by atoms with Crippen molar-refractivity contribution in [1.29, 1.82) is 0 Å². The van der Waals surface area contributed by atoms with Crippen LogP contribution in [0.15, 0.2) is 24.3 Å². The molecule has 118 valence electrons. The first-order valence-corrected chi connectivity index (χ1v) is 6.64. The normalized spacial score (nSPS) is 18.1. The summed E-state index contributed by atoms with van der Waals surface area (Å²) in [6.45, 7) is 0.823. The van der Waals surface area contributed by atoms with Crippen molar-refractivity contribution in [2.45, 2.75) is 37.9 Å². The lowest BCUT2D eigenvalue weighted by atomic mass is 10.1. The van der Waals surface area contributed by atoms with Gasteiger partial charge in [0.2, 0.25) is 5.91 Å². The van der Waals surface area contributed by atoms with Gasteiger partial charge in [0.05, 0.1) is 6.04 Å². The average molecular weight is 323 g/mol. The standard InChI is InChI=1S/C14H17F3N2O.ClH/c15-14(16,17)7-6-10-3-1-4-11(9-10)19-13(20)12-5-2-8-18-12;/h1,3-4,9,12,18H,2,5-8H2,(H,19,20);1H. The number of benzene rings is 1. The molecule has 1 amide bonds. The summed E-state index contributed by atoms with van der Waals surface area (Å²) in [4.78, 5) is 11.9. The van der Waals surface area contributed by atoms with Crippen molar-refractivity contribution < 1.29 is 18.0 Å². The van der Waals surface area contributed by atoms with E-state index >= 15 is 0 Å². The molecular formula is C14H18ClF3N2O. The van der Waals surface area contributed by atoms with Gasteiger partial charge in [-0.05, 0) is 43.5 Å². The summed E-state index contributed by atoms with van der Waals surface area (Å²) in [5.74, 6) is -0.129. The van der Waals surface area contributed by atoms with Crippen molar-refractivity contribution in [2.24, 2.45) is 0 Å². The molecule has 1 atom stereocenters. The average Bonchev–Trinajstić information content (AvgIpc) is 2.90. The van der Waals surface area contributed by atoms with Crippen LogP contribution < -0.4 is 10.6 Å². The summed E-state index contributed by atoms with van der Waals surface area (Å²) < 4.78 is 36.5. The van der Waals surface area contributed by atoms with Gasteiger partial charge in [-0.2, -0.15) is 13.2 Å². The van der Waals surface area contributed by atoms with Crippen LogP contribution in [0.4, 0.5) is 18.9 Å². The molecule has 0 aliphatic carbocycles. The van der Waals surface area contributed by atoms with Crippen molar-refractivity contribution in [3.05, 3.63) is 29.8 Å². The Morgan fingerprint density at radius 1 is 1.38 bits per heavy atom. The predicted octanol–water partition coefficient (Wildman–Crippen LogP) is 3.29. The molecule has 0 spiro atoms. The fraction of sp³-hybridized carbons (Fsp3) is 0.500. The van der Waals surface area contributed by atoms with E-state index in [1.54, 1.807) is 24.3 Å². The van der Waals surface area contributed by atoms with Crippen molar-refractivity contribution >= 4 is 24.0 Å². The Balaban J connectivity index is 0.00000220. The van der Waals surface area contributed by atoms with Crippen molar-refractivity contribution in [2.75, 3.05) is 11.9 Å². The molecule has 1 aromatic carbocycles. The molecule has 0 radical (unpaired) electrons. The zero-order valence-corrected chi connectivity index (χ0v) is 12.2. The highest BCUT2D eigenvalue weighted by Gasteiger charge is 2.26. The summed E-state index contributed by atoms with van der Waals surface area (Å²) in [5, 5.41) is 5.81. The molecule has 21 heavy (non-hydrogen) atoms. The summed E-state index contributed by atoms with van der Waals surface area (Å²) in [7, 11) is 0. The van der Waals surface area contributed by atoms with Crippen LogP contribution in [0.1, 0.15) is 24.8 Å². The summed E-state index contributed by atoms with van der Waals surface area (Å²) >= 11 is 0. The predicted molar refractivity (Wildman–Crippen MR) is 77.7 cm³/mol. The molecule has 1 fully saturated rings. The molecule has 1 aliphatic rings. The maximum absolute atomic E-state index is 12.2. The van der Waals surface area contributed by atoms with Gasteiger partial charge in [0, 0.05) is 12.1 Å². The molecule has 1 unspecified atom stereocenters. The number of anilines is 1. The summed E-state index contributed by atoms with van der Waals surface area (Å²) in [6.07, 6.45) is -3.33. The van der Waals surface area contributed by atoms with E-state index in [0.29, 0.717) is 11.3 Å². The third kappa shape index (κ3) is 5.93. The van der Waals surface area contributed by atoms with Crippen molar-refractivity contribution in [1.82, 2.24) is 5.32 Å². The van der Waals surface area contributed by atoms with Crippen LogP contribution >= 0.6 is 12.4 Å². The maximum Gasteiger partial charge on any atom is 0.389 e. The van der Waals surface area contributed by atoms with Gasteiger partial charge in [-0.3, -0.25) is 4.79 Å². The van der Waals surface area contributed by atoms with Gasteiger partial charge in [0.1, 0.15) is 0 Å². The van der Waals surface area contributed by atoms with Crippen LogP contribution in [0.5, 0.6) is 0 Å². The van der Waals surface area contributed by atoms with Gasteiger partial charge in [0.25, 0.3) is 0 Å². The number of carbonyl (C=O) groups excluding carboxylic acids is 1. The van der Waals surface area contributed by atoms with E-state index in [-0.39, 0.29) is 30.8 Å².